The summed E-state index contributed by atoms with van der Waals surface area (Å²) < 4.78 is 5.80. The van der Waals surface area contributed by atoms with E-state index in [1.807, 2.05) is 6.92 Å². The monoisotopic (exact) mass is 294 g/mol. The van der Waals surface area contributed by atoms with Crippen molar-refractivity contribution in [3.8, 4) is 0 Å². The highest BCUT2D eigenvalue weighted by atomic mass is 16.5. The number of carbonyl (C=O) groups excluding carboxylic acids is 1. The van der Waals surface area contributed by atoms with E-state index < -0.39 is 0 Å². The fourth-order valence-electron chi connectivity index (χ4n) is 4.02. The molecular weight excluding hydrogens is 264 g/mol. The van der Waals surface area contributed by atoms with Crippen LogP contribution in [0.5, 0.6) is 0 Å². The van der Waals surface area contributed by atoms with Crippen molar-refractivity contribution < 1.29 is 9.53 Å². The van der Waals surface area contributed by atoms with Gasteiger partial charge in [0.1, 0.15) is 6.10 Å². The average Bonchev–Trinajstić information content (AvgIpc) is 3.02. The lowest BCUT2D eigenvalue weighted by Crippen LogP contribution is -2.50. The number of hydrogen-bond acceptors (Lipinski definition) is 3. The van der Waals surface area contributed by atoms with Crippen LogP contribution in [0.25, 0.3) is 0 Å². The molecule has 4 heteroatoms. The fraction of sp³-hybridized carbons (Fsp3) is 0.941. The third-order valence-electron chi connectivity index (χ3n) is 5.47. The smallest absolute Gasteiger partial charge is 0.251 e. The topological polar surface area (TPSA) is 32.8 Å². The second kappa shape index (κ2) is 6.66. The van der Waals surface area contributed by atoms with Gasteiger partial charge in [0.2, 0.25) is 0 Å². The summed E-state index contributed by atoms with van der Waals surface area (Å²) >= 11 is 0. The zero-order valence-corrected chi connectivity index (χ0v) is 13.6. The number of likely N-dealkylation sites (tertiary alicyclic amines) is 2. The Morgan fingerprint density at radius 1 is 1.14 bits per heavy atom. The lowest BCUT2D eigenvalue weighted by Gasteiger charge is -2.35. The molecule has 1 amide bonds. The Labute approximate surface area is 128 Å². The Morgan fingerprint density at radius 2 is 1.86 bits per heavy atom. The maximum atomic E-state index is 12.7. The number of rotatable bonds is 6. The van der Waals surface area contributed by atoms with E-state index in [4.69, 9.17) is 4.74 Å². The number of hydrogen-bond donors (Lipinski definition) is 0. The summed E-state index contributed by atoms with van der Waals surface area (Å²) in [6.45, 7) is 8.18. The molecule has 3 fully saturated rings. The van der Waals surface area contributed by atoms with E-state index in [1.54, 1.807) is 0 Å². The van der Waals surface area contributed by atoms with E-state index >= 15 is 0 Å². The normalized spacial score (nSPS) is 31.8. The van der Waals surface area contributed by atoms with Gasteiger partial charge < -0.3 is 9.64 Å². The van der Waals surface area contributed by atoms with E-state index in [-0.39, 0.29) is 12.0 Å². The predicted octanol–water partition coefficient (Wildman–Crippen LogP) is 2.28. The van der Waals surface area contributed by atoms with Gasteiger partial charge in [0, 0.05) is 18.6 Å². The molecule has 2 saturated heterocycles. The first-order valence-corrected chi connectivity index (χ1v) is 8.86. The standard InChI is InChI=1S/C17H30N2O2/c1-3-18-10-4-6-15(18)16-7-5-11-19(16)17(20)13(2)21-12-14-8-9-14/h13-16H,3-12H2,1-2H3/t13-,15+,16+/m0/s1. The molecule has 3 atom stereocenters. The van der Waals surface area contributed by atoms with Crippen molar-refractivity contribution in [3.63, 3.8) is 0 Å². The molecule has 21 heavy (non-hydrogen) atoms. The summed E-state index contributed by atoms with van der Waals surface area (Å²) in [5.74, 6) is 0.946. The first-order chi connectivity index (χ1) is 10.2. The third-order valence-corrected chi connectivity index (χ3v) is 5.47. The molecule has 4 nitrogen and oxygen atoms in total. The van der Waals surface area contributed by atoms with Crippen LogP contribution in [0.15, 0.2) is 0 Å². The lowest BCUT2D eigenvalue weighted by molar-refractivity contribution is -0.144. The minimum Gasteiger partial charge on any atom is -0.368 e. The van der Waals surface area contributed by atoms with E-state index in [0.29, 0.717) is 12.1 Å². The van der Waals surface area contributed by atoms with E-state index in [1.165, 1.54) is 38.6 Å². The molecule has 0 aromatic rings. The summed E-state index contributed by atoms with van der Waals surface area (Å²) in [5.41, 5.74) is 0. The van der Waals surface area contributed by atoms with Gasteiger partial charge in [-0.05, 0) is 64.5 Å². The van der Waals surface area contributed by atoms with Gasteiger partial charge in [-0.25, -0.2) is 0 Å². The summed E-state index contributed by atoms with van der Waals surface area (Å²) in [5, 5.41) is 0. The Bertz CT molecular complexity index is 370. The number of carbonyl (C=O) groups is 1. The summed E-state index contributed by atoms with van der Waals surface area (Å²) in [6.07, 6.45) is 7.15. The predicted molar refractivity (Wildman–Crippen MR) is 83.1 cm³/mol. The average molecular weight is 294 g/mol. The molecule has 1 aliphatic carbocycles. The fourth-order valence-corrected chi connectivity index (χ4v) is 4.02. The quantitative estimate of drug-likeness (QED) is 0.753. The summed E-state index contributed by atoms with van der Waals surface area (Å²) in [6, 6.07) is 1.00. The molecule has 3 aliphatic rings. The van der Waals surface area contributed by atoms with Crippen molar-refractivity contribution in [1.29, 1.82) is 0 Å². The molecule has 0 aromatic heterocycles. The van der Waals surface area contributed by atoms with Crippen LogP contribution in [0.4, 0.5) is 0 Å². The molecule has 0 N–H and O–H groups in total. The van der Waals surface area contributed by atoms with Gasteiger partial charge in [0.15, 0.2) is 0 Å². The molecule has 2 heterocycles. The van der Waals surface area contributed by atoms with Crippen molar-refractivity contribution in [1.82, 2.24) is 9.80 Å². The Kier molecular flexibility index (Phi) is 4.85. The summed E-state index contributed by atoms with van der Waals surface area (Å²) in [7, 11) is 0. The second-order valence-electron chi connectivity index (χ2n) is 7.00. The lowest BCUT2D eigenvalue weighted by atomic mass is 10.0. The van der Waals surface area contributed by atoms with Crippen LogP contribution in [0.1, 0.15) is 52.4 Å². The van der Waals surface area contributed by atoms with Crippen molar-refractivity contribution in [2.45, 2.75) is 70.6 Å². The molecule has 0 spiro atoms. The largest absolute Gasteiger partial charge is 0.368 e. The van der Waals surface area contributed by atoms with Crippen LogP contribution in [0.3, 0.4) is 0 Å². The SMILES string of the molecule is CCN1CCC[C@@H]1[C@H]1CCCN1C(=O)[C@H](C)OCC1CC1. The highest BCUT2D eigenvalue weighted by molar-refractivity contribution is 5.81. The minimum absolute atomic E-state index is 0.223. The molecule has 0 unspecified atom stereocenters. The van der Waals surface area contributed by atoms with Gasteiger partial charge in [-0.3, -0.25) is 9.69 Å². The van der Waals surface area contributed by atoms with Crippen LogP contribution >= 0.6 is 0 Å². The van der Waals surface area contributed by atoms with Crippen LogP contribution in [0, 0.1) is 5.92 Å². The van der Waals surface area contributed by atoms with Gasteiger partial charge in [-0.15, -0.1) is 0 Å². The zero-order chi connectivity index (χ0) is 14.8. The number of likely N-dealkylation sites (N-methyl/N-ethyl adjacent to an activating group) is 1. The van der Waals surface area contributed by atoms with Crippen molar-refractivity contribution in [3.05, 3.63) is 0 Å². The second-order valence-corrected chi connectivity index (χ2v) is 7.00. The highest BCUT2D eigenvalue weighted by Gasteiger charge is 2.40. The summed E-state index contributed by atoms with van der Waals surface area (Å²) in [4.78, 5) is 17.4. The molecule has 120 valence electrons. The Balaban J connectivity index is 1.58. The number of nitrogens with zero attached hydrogens (tertiary/aromatic N) is 2. The minimum atomic E-state index is -0.261. The van der Waals surface area contributed by atoms with Crippen molar-refractivity contribution in [2.24, 2.45) is 5.92 Å². The third kappa shape index (κ3) is 3.42. The molecule has 3 rings (SSSR count). The molecule has 0 radical (unpaired) electrons. The highest BCUT2D eigenvalue weighted by Crippen LogP contribution is 2.31. The van der Waals surface area contributed by atoms with Gasteiger partial charge in [-0.1, -0.05) is 6.92 Å². The van der Waals surface area contributed by atoms with E-state index in [2.05, 4.69) is 16.7 Å². The van der Waals surface area contributed by atoms with Gasteiger partial charge in [0.25, 0.3) is 5.91 Å². The number of ether oxygens (including phenoxy) is 1. The van der Waals surface area contributed by atoms with E-state index in [0.717, 1.165) is 32.0 Å². The van der Waals surface area contributed by atoms with Gasteiger partial charge in [-0.2, -0.15) is 0 Å². The van der Waals surface area contributed by atoms with E-state index in [9.17, 15) is 4.79 Å². The van der Waals surface area contributed by atoms with Crippen LogP contribution in [-0.4, -0.2) is 60.1 Å². The molecule has 0 bridgehead atoms. The molecule has 1 saturated carbocycles. The first-order valence-electron chi connectivity index (χ1n) is 8.86. The van der Waals surface area contributed by atoms with Crippen molar-refractivity contribution >= 4 is 5.91 Å². The van der Waals surface area contributed by atoms with Gasteiger partial charge >= 0.3 is 0 Å². The Morgan fingerprint density at radius 3 is 2.57 bits per heavy atom. The van der Waals surface area contributed by atoms with Crippen LogP contribution in [0.2, 0.25) is 0 Å². The Hall–Kier alpha value is -0.610. The molecule has 2 aliphatic heterocycles. The molecule has 0 aromatic carbocycles. The van der Waals surface area contributed by atoms with Crippen molar-refractivity contribution in [2.75, 3.05) is 26.2 Å². The van der Waals surface area contributed by atoms with Crippen LogP contribution in [-0.2, 0) is 9.53 Å². The number of amides is 1. The molecular formula is C17H30N2O2. The zero-order valence-electron chi connectivity index (χ0n) is 13.6. The van der Waals surface area contributed by atoms with Crippen LogP contribution < -0.4 is 0 Å². The maximum absolute atomic E-state index is 12.7. The van der Waals surface area contributed by atoms with Gasteiger partial charge in [0.05, 0.1) is 6.61 Å². The maximum Gasteiger partial charge on any atom is 0.251 e. The first kappa shape index (κ1) is 15.3.